The number of likely N-dealkylation sites (tertiary alicyclic amines) is 1. The number of anilines is 2. The Labute approximate surface area is 382 Å². The minimum Gasteiger partial charge on any atom is -0.506 e. The molecular formula is C52H76N6O6. The number of carbonyl (C=O) groups is 5. The third-order valence-corrected chi connectivity index (χ3v) is 13.4. The number of aliphatic hydroxyl groups excluding tert-OH is 1. The summed E-state index contributed by atoms with van der Waals surface area (Å²) in [6.07, 6.45) is 18.6. The summed E-state index contributed by atoms with van der Waals surface area (Å²) in [5.74, 6) is -1.07. The maximum absolute atomic E-state index is 14.5. The predicted octanol–water partition coefficient (Wildman–Crippen LogP) is 9.60. The number of benzene rings is 1. The smallest absolute Gasteiger partial charge is 0.246 e. The Morgan fingerprint density at radius 1 is 0.703 bits per heavy atom. The molecule has 2 aliphatic heterocycles. The molecule has 12 nitrogen and oxygen atoms in total. The Hall–Kier alpha value is -5.00. The van der Waals surface area contributed by atoms with Crippen molar-refractivity contribution in [1.29, 1.82) is 0 Å². The zero-order valence-electron chi connectivity index (χ0n) is 39.8. The zero-order valence-corrected chi connectivity index (χ0v) is 39.8. The van der Waals surface area contributed by atoms with Crippen molar-refractivity contribution in [2.75, 3.05) is 49.5 Å². The quantitative estimate of drug-likeness (QED) is 0.0838. The number of nitrogens with one attached hydrogen (secondary N) is 3. The molecule has 4 amide bonds. The van der Waals surface area contributed by atoms with Crippen LogP contribution in [0.5, 0.6) is 0 Å². The number of amides is 4. The highest BCUT2D eigenvalue weighted by Crippen LogP contribution is 2.44. The first kappa shape index (κ1) is 50.0. The Bertz CT molecular complexity index is 2010. The Balaban J connectivity index is 1.43. The van der Waals surface area contributed by atoms with Crippen LogP contribution in [0.1, 0.15) is 161 Å². The number of unbranched alkanes of at least 4 members (excludes halogenated alkanes) is 2. The van der Waals surface area contributed by atoms with Gasteiger partial charge in [0.05, 0.1) is 22.5 Å². The van der Waals surface area contributed by atoms with Crippen LogP contribution in [0, 0.1) is 18.8 Å². The molecule has 0 bridgehead atoms. The topological polar surface area (TPSA) is 161 Å². The van der Waals surface area contributed by atoms with Gasteiger partial charge in [-0.2, -0.15) is 0 Å². The van der Waals surface area contributed by atoms with Gasteiger partial charge in [-0.15, -0.1) is 0 Å². The van der Waals surface area contributed by atoms with Crippen molar-refractivity contribution < 1.29 is 29.1 Å². The van der Waals surface area contributed by atoms with E-state index >= 15 is 0 Å². The number of hydrogen-bond acceptors (Lipinski definition) is 8. The van der Waals surface area contributed by atoms with Crippen molar-refractivity contribution in [2.45, 2.75) is 157 Å². The fraction of sp³-hybridized carbons (Fsp3) is 0.615. The summed E-state index contributed by atoms with van der Waals surface area (Å²) in [6, 6.07) is 3.74. The van der Waals surface area contributed by atoms with Gasteiger partial charge in [-0.1, -0.05) is 66.2 Å². The molecule has 0 saturated carbocycles. The summed E-state index contributed by atoms with van der Waals surface area (Å²) in [6.45, 7) is 17.1. The van der Waals surface area contributed by atoms with Gasteiger partial charge >= 0.3 is 0 Å². The molecule has 2 atom stereocenters. The number of piperidine rings is 2. The molecule has 5 rings (SSSR count). The van der Waals surface area contributed by atoms with E-state index < -0.39 is 11.7 Å². The van der Waals surface area contributed by atoms with Crippen molar-refractivity contribution in [3.63, 3.8) is 0 Å². The second kappa shape index (κ2) is 24.9. The number of aryl methyl sites for hydroxylation is 1. The summed E-state index contributed by atoms with van der Waals surface area (Å²) >= 11 is 0. The first-order valence-electron chi connectivity index (χ1n) is 24.6. The van der Waals surface area contributed by atoms with E-state index in [1.807, 2.05) is 38.1 Å². The molecule has 4 aliphatic rings. The van der Waals surface area contributed by atoms with Gasteiger partial charge in [0.2, 0.25) is 29.4 Å². The molecule has 2 heterocycles. The second-order valence-corrected chi connectivity index (χ2v) is 18.4. The lowest BCUT2D eigenvalue weighted by Gasteiger charge is -2.34. The first-order valence-corrected chi connectivity index (χ1v) is 24.6. The fourth-order valence-electron chi connectivity index (χ4n) is 9.27. The standard InChI is InChI=1S/C52H76N6O6/c1-7-11-19-37(9-3)33-53-45(59)21-23-47(61)55-41-31-43(57-25-15-13-16-26-57)35(5)29-39(41)49-51(63)50(52(49)64)40-30-36(6)44(58-27-17-14-18-28-58)32-42(40)56-48(62)24-22-46(60)54-34-38(10-4)20-12-8-2/h29-32,37-38,63H,7-28,33-34H2,1-6H3,(H,53,59)(H,54,60)(H,55,61)/b50-40+,56-42?. The predicted molar refractivity (Wildman–Crippen MR) is 258 cm³/mol. The molecule has 0 radical (unpaired) electrons. The summed E-state index contributed by atoms with van der Waals surface area (Å²) in [5, 5.41) is 21.0. The number of nitrogens with zero attached hydrogens (tertiary/aromatic N) is 3. The number of aliphatic hydroxyl groups is 1. The van der Waals surface area contributed by atoms with Crippen LogP contribution in [0.3, 0.4) is 0 Å². The highest BCUT2D eigenvalue weighted by atomic mass is 16.3. The van der Waals surface area contributed by atoms with Crippen molar-refractivity contribution in [3.05, 3.63) is 63.6 Å². The van der Waals surface area contributed by atoms with E-state index in [2.05, 4.69) is 58.4 Å². The molecule has 2 aliphatic carbocycles. The van der Waals surface area contributed by atoms with Gasteiger partial charge in [-0.25, -0.2) is 4.99 Å². The van der Waals surface area contributed by atoms with E-state index in [9.17, 15) is 29.1 Å². The lowest BCUT2D eigenvalue weighted by atomic mass is 9.77. The largest absolute Gasteiger partial charge is 0.506 e. The number of allylic oxidation sites excluding steroid dienone is 6. The molecule has 350 valence electrons. The third-order valence-electron chi connectivity index (χ3n) is 13.4. The zero-order chi connectivity index (χ0) is 46.2. The summed E-state index contributed by atoms with van der Waals surface area (Å²) in [4.78, 5) is 76.3. The van der Waals surface area contributed by atoms with E-state index in [4.69, 9.17) is 0 Å². The molecule has 12 heteroatoms. The molecule has 2 saturated heterocycles. The normalized spacial score (nSPS) is 19.5. The summed E-state index contributed by atoms with van der Waals surface area (Å²) < 4.78 is 0. The van der Waals surface area contributed by atoms with Crippen LogP contribution in [-0.4, -0.2) is 84.4 Å². The SMILES string of the molecule is CCCCC(CC)CNC(=O)CCC(=O)N=C1C=C(N2CCCCC2)C(C)=C/C1=C1\C(=O)C(c2cc(C)c(N3CCCCC3)cc2NC(=O)CCC(=O)NCC(CC)CCCC)=C1O. The summed E-state index contributed by atoms with van der Waals surface area (Å²) in [5.41, 5.74) is 5.21. The average molecular weight is 881 g/mol. The molecular weight excluding hydrogens is 805 g/mol. The average Bonchev–Trinajstić information content (AvgIpc) is 3.30. The van der Waals surface area contributed by atoms with Crippen LogP contribution >= 0.6 is 0 Å². The Morgan fingerprint density at radius 3 is 1.80 bits per heavy atom. The van der Waals surface area contributed by atoms with E-state index in [-0.39, 0.29) is 66.0 Å². The lowest BCUT2D eigenvalue weighted by molar-refractivity contribution is -0.125. The number of ketones is 1. The monoisotopic (exact) mass is 881 g/mol. The minimum atomic E-state index is -0.483. The van der Waals surface area contributed by atoms with Crippen molar-refractivity contribution >= 4 is 52.1 Å². The Kier molecular flexibility index (Phi) is 19.5. The molecule has 2 fully saturated rings. The van der Waals surface area contributed by atoms with Crippen LogP contribution in [0.25, 0.3) is 5.57 Å². The first-order chi connectivity index (χ1) is 30.9. The fourth-order valence-corrected chi connectivity index (χ4v) is 9.27. The van der Waals surface area contributed by atoms with Crippen molar-refractivity contribution in [3.8, 4) is 0 Å². The van der Waals surface area contributed by atoms with E-state index in [0.29, 0.717) is 41.7 Å². The molecule has 1 aromatic carbocycles. The van der Waals surface area contributed by atoms with Gasteiger partial charge in [0, 0.05) is 87.5 Å². The number of aliphatic imine (C=N–C) groups is 1. The molecule has 0 aromatic heterocycles. The number of hydrogen-bond donors (Lipinski definition) is 4. The van der Waals surface area contributed by atoms with Crippen LogP contribution < -0.4 is 20.9 Å². The summed E-state index contributed by atoms with van der Waals surface area (Å²) in [7, 11) is 0. The van der Waals surface area contributed by atoms with Crippen molar-refractivity contribution in [1.82, 2.24) is 15.5 Å². The lowest BCUT2D eigenvalue weighted by Crippen LogP contribution is -2.32. The van der Waals surface area contributed by atoms with Crippen LogP contribution in [0.15, 0.2) is 57.5 Å². The maximum Gasteiger partial charge on any atom is 0.246 e. The number of carbonyl (C=O) groups excluding carboxylic acids is 5. The van der Waals surface area contributed by atoms with Gasteiger partial charge in [-0.05, 0) is 112 Å². The Morgan fingerprint density at radius 2 is 1.25 bits per heavy atom. The van der Waals surface area contributed by atoms with E-state index in [1.54, 1.807) is 0 Å². The molecule has 64 heavy (non-hydrogen) atoms. The van der Waals surface area contributed by atoms with Gasteiger partial charge in [-0.3, -0.25) is 24.0 Å². The highest BCUT2D eigenvalue weighted by molar-refractivity contribution is 6.42. The molecule has 4 N–H and O–H groups in total. The van der Waals surface area contributed by atoms with Crippen LogP contribution in [-0.2, 0) is 24.0 Å². The number of Topliss-reactive ketones (excluding diaryl/α,β-unsaturated/α-hetero) is 1. The van der Waals surface area contributed by atoms with Gasteiger partial charge in [0.1, 0.15) is 5.76 Å². The highest BCUT2D eigenvalue weighted by Gasteiger charge is 2.40. The molecule has 0 spiro atoms. The van der Waals surface area contributed by atoms with E-state index in [1.165, 1.54) is 0 Å². The van der Waals surface area contributed by atoms with E-state index in [0.717, 1.165) is 139 Å². The molecule has 2 unspecified atom stereocenters. The van der Waals surface area contributed by atoms with Gasteiger partial charge < -0.3 is 30.9 Å². The second-order valence-electron chi connectivity index (χ2n) is 18.4. The van der Waals surface area contributed by atoms with Gasteiger partial charge in [0.25, 0.3) is 0 Å². The maximum atomic E-state index is 14.5. The van der Waals surface area contributed by atoms with Crippen LogP contribution in [0.2, 0.25) is 0 Å². The third kappa shape index (κ3) is 13.5. The van der Waals surface area contributed by atoms with Crippen molar-refractivity contribution in [2.24, 2.45) is 16.8 Å². The molecule has 1 aromatic rings. The number of rotatable bonds is 22. The van der Waals surface area contributed by atoms with Gasteiger partial charge in [0.15, 0.2) is 0 Å². The van der Waals surface area contributed by atoms with Crippen LogP contribution in [0.4, 0.5) is 11.4 Å². The minimum absolute atomic E-state index is 0.00182.